The van der Waals surface area contributed by atoms with E-state index in [-0.39, 0.29) is 12.5 Å². The summed E-state index contributed by atoms with van der Waals surface area (Å²) < 4.78 is 38.3. The van der Waals surface area contributed by atoms with E-state index in [9.17, 15) is 18.0 Å². The molecule has 0 aliphatic heterocycles. The molecule has 30 heavy (non-hydrogen) atoms. The second kappa shape index (κ2) is 9.13. The summed E-state index contributed by atoms with van der Waals surface area (Å²) in [6.45, 7) is 0.201. The Morgan fingerprint density at radius 3 is 2.57 bits per heavy atom. The molecule has 4 N–H and O–H groups in total. The smallest absolute Gasteiger partial charge is 0.397 e. The molecule has 0 radical (unpaired) electrons. The molecule has 0 atom stereocenters. The fourth-order valence-electron chi connectivity index (χ4n) is 2.62. The van der Waals surface area contributed by atoms with Gasteiger partial charge in [-0.3, -0.25) is 4.79 Å². The number of hydrogen-bond acceptors (Lipinski definition) is 4. The molecule has 3 aromatic rings. The van der Waals surface area contributed by atoms with E-state index in [1.807, 2.05) is 0 Å². The van der Waals surface area contributed by atoms with E-state index in [1.165, 1.54) is 12.1 Å². The largest absolute Gasteiger partial charge is 0.416 e. The number of benzene rings is 2. The highest BCUT2D eigenvalue weighted by Gasteiger charge is 2.30. The van der Waals surface area contributed by atoms with Gasteiger partial charge in [-0.1, -0.05) is 24.3 Å². The lowest BCUT2D eigenvalue weighted by Gasteiger charge is -2.10. The molecule has 0 bridgehead atoms. The van der Waals surface area contributed by atoms with Crippen molar-refractivity contribution in [2.45, 2.75) is 12.7 Å². The summed E-state index contributed by atoms with van der Waals surface area (Å²) in [5, 5.41) is 5.66. The molecule has 0 aliphatic carbocycles. The van der Waals surface area contributed by atoms with Crippen LogP contribution in [0, 0.1) is 0 Å². The van der Waals surface area contributed by atoms with Crippen molar-refractivity contribution in [3.05, 3.63) is 89.6 Å². The van der Waals surface area contributed by atoms with E-state index in [0.717, 1.165) is 12.1 Å². The quantitative estimate of drug-likeness (QED) is 0.396. The van der Waals surface area contributed by atoms with E-state index in [4.69, 9.17) is 5.73 Å². The second-order valence-electron chi connectivity index (χ2n) is 6.44. The van der Waals surface area contributed by atoms with Crippen LogP contribution in [0.1, 0.15) is 16.7 Å². The number of anilines is 3. The third kappa shape index (κ3) is 5.84. The topological polar surface area (TPSA) is 80.0 Å². The van der Waals surface area contributed by atoms with Crippen LogP contribution < -0.4 is 16.4 Å². The number of carbonyl (C=O) groups excluding carboxylic acids is 1. The molecule has 5 nitrogen and oxygen atoms in total. The SMILES string of the molecule is Nc1ccccc1NC(=O)/C=C\c1ccc(NCc2cccc(C(F)(F)F)c2)nc1. The standard InChI is InChI=1S/C22H19F3N4O/c23-22(24,25)17-5-3-4-16(12-17)14-28-20-10-8-15(13-27-20)9-11-21(30)29-19-7-2-1-6-18(19)26/h1-13H,14,26H2,(H,27,28)(H,29,30)/b11-9-. The highest BCUT2D eigenvalue weighted by molar-refractivity contribution is 6.03. The maximum absolute atomic E-state index is 12.8. The average Bonchev–Trinajstić information content (AvgIpc) is 2.73. The number of hydrogen-bond donors (Lipinski definition) is 3. The first-order valence-corrected chi connectivity index (χ1v) is 9.01. The van der Waals surface area contributed by atoms with Crippen molar-refractivity contribution in [3.8, 4) is 0 Å². The van der Waals surface area contributed by atoms with E-state index < -0.39 is 11.7 Å². The Morgan fingerprint density at radius 2 is 1.87 bits per heavy atom. The van der Waals surface area contributed by atoms with Crippen LogP contribution >= 0.6 is 0 Å². The maximum atomic E-state index is 12.8. The van der Waals surface area contributed by atoms with Gasteiger partial charge in [0.05, 0.1) is 16.9 Å². The predicted octanol–water partition coefficient (Wildman–Crippen LogP) is 4.95. The van der Waals surface area contributed by atoms with Crippen molar-refractivity contribution in [1.29, 1.82) is 0 Å². The van der Waals surface area contributed by atoms with E-state index in [0.29, 0.717) is 28.3 Å². The van der Waals surface area contributed by atoms with E-state index in [2.05, 4.69) is 15.6 Å². The lowest BCUT2D eigenvalue weighted by Crippen LogP contribution is -2.09. The number of nitrogen functional groups attached to an aromatic ring is 1. The Morgan fingerprint density at radius 1 is 1.07 bits per heavy atom. The minimum Gasteiger partial charge on any atom is -0.397 e. The maximum Gasteiger partial charge on any atom is 0.416 e. The minimum absolute atomic E-state index is 0.201. The number of para-hydroxylation sites is 2. The van der Waals surface area contributed by atoms with Gasteiger partial charge >= 0.3 is 6.18 Å². The molecular weight excluding hydrogens is 393 g/mol. The van der Waals surface area contributed by atoms with Gasteiger partial charge in [0.1, 0.15) is 5.82 Å². The van der Waals surface area contributed by atoms with Crippen molar-refractivity contribution in [2.24, 2.45) is 0 Å². The second-order valence-corrected chi connectivity index (χ2v) is 6.44. The molecule has 3 rings (SSSR count). The number of amides is 1. The fourth-order valence-corrected chi connectivity index (χ4v) is 2.62. The molecule has 2 aromatic carbocycles. The van der Waals surface area contributed by atoms with Gasteiger partial charge in [0.15, 0.2) is 0 Å². The third-order valence-corrected chi connectivity index (χ3v) is 4.16. The number of nitrogens with two attached hydrogens (primary N) is 1. The molecule has 0 saturated carbocycles. The summed E-state index contributed by atoms with van der Waals surface area (Å²) in [6.07, 6.45) is 0.132. The van der Waals surface area contributed by atoms with Gasteiger partial charge in [0.25, 0.3) is 0 Å². The summed E-state index contributed by atoms with van der Waals surface area (Å²) in [5.74, 6) is 0.172. The van der Waals surface area contributed by atoms with Crippen LogP contribution in [-0.4, -0.2) is 10.9 Å². The van der Waals surface area contributed by atoms with Crippen LogP contribution in [0.4, 0.5) is 30.4 Å². The van der Waals surface area contributed by atoms with Crippen LogP contribution in [0.2, 0.25) is 0 Å². The lowest BCUT2D eigenvalue weighted by molar-refractivity contribution is -0.137. The molecule has 154 valence electrons. The summed E-state index contributed by atoms with van der Waals surface area (Å²) in [4.78, 5) is 16.2. The number of carbonyl (C=O) groups is 1. The molecule has 0 spiro atoms. The minimum atomic E-state index is -4.37. The van der Waals surface area contributed by atoms with Crippen LogP contribution in [0.5, 0.6) is 0 Å². The van der Waals surface area contributed by atoms with Crippen molar-refractivity contribution in [1.82, 2.24) is 4.98 Å². The van der Waals surface area contributed by atoms with Gasteiger partial charge in [-0.05, 0) is 53.6 Å². The summed E-state index contributed by atoms with van der Waals surface area (Å²) in [7, 11) is 0. The third-order valence-electron chi connectivity index (χ3n) is 4.16. The molecule has 1 heterocycles. The predicted molar refractivity (Wildman–Crippen MR) is 112 cm³/mol. The molecule has 0 aliphatic rings. The zero-order valence-corrected chi connectivity index (χ0v) is 15.8. The number of nitrogens with one attached hydrogen (secondary N) is 2. The van der Waals surface area contributed by atoms with Gasteiger partial charge in [-0.15, -0.1) is 0 Å². The number of aromatic nitrogens is 1. The lowest BCUT2D eigenvalue weighted by atomic mass is 10.1. The number of nitrogens with zero attached hydrogens (tertiary/aromatic N) is 1. The molecule has 0 saturated heterocycles. The Balaban J connectivity index is 1.55. The van der Waals surface area contributed by atoms with Crippen molar-refractivity contribution in [2.75, 3.05) is 16.4 Å². The molecule has 0 unspecified atom stereocenters. The first-order chi connectivity index (χ1) is 14.3. The van der Waals surface area contributed by atoms with Gasteiger partial charge in [0.2, 0.25) is 5.91 Å². The summed E-state index contributed by atoms with van der Waals surface area (Å²) in [5.41, 5.74) is 7.27. The van der Waals surface area contributed by atoms with Gasteiger partial charge in [-0.2, -0.15) is 13.2 Å². The van der Waals surface area contributed by atoms with Crippen molar-refractivity contribution < 1.29 is 18.0 Å². The van der Waals surface area contributed by atoms with E-state index in [1.54, 1.807) is 54.7 Å². The Kier molecular flexibility index (Phi) is 6.36. The van der Waals surface area contributed by atoms with Crippen LogP contribution in [-0.2, 0) is 17.5 Å². The molecule has 1 aromatic heterocycles. The Labute approximate surface area is 171 Å². The summed E-state index contributed by atoms with van der Waals surface area (Å²) >= 11 is 0. The number of rotatable bonds is 6. The monoisotopic (exact) mass is 412 g/mol. The zero-order valence-electron chi connectivity index (χ0n) is 15.8. The fraction of sp³-hybridized carbons (Fsp3) is 0.0909. The van der Waals surface area contributed by atoms with Gasteiger partial charge < -0.3 is 16.4 Å². The summed E-state index contributed by atoms with van der Waals surface area (Å²) in [6, 6.07) is 15.5. The number of halogens is 3. The number of alkyl halides is 3. The van der Waals surface area contributed by atoms with Crippen LogP contribution in [0.15, 0.2) is 72.9 Å². The van der Waals surface area contributed by atoms with Crippen molar-refractivity contribution >= 4 is 29.2 Å². The highest BCUT2D eigenvalue weighted by atomic mass is 19.4. The zero-order chi connectivity index (χ0) is 21.6. The Bertz CT molecular complexity index is 1050. The first-order valence-electron chi connectivity index (χ1n) is 9.01. The van der Waals surface area contributed by atoms with Crippen LogP contribution in [0.3, 0.4) is 0 Å². The highest BCUT2D eigenvalue weighted by Crippen LogP contribution is 2.29. The van der Waals surface area contributed by atoms with Gasteiger partial charge in [0, 0.05) is 18.8 Å². The van der Waals surface area contributed by atoms with E-state index >= 15 is 0 Å². The molecule has 0 fully saturated rings. The molecular formula is C22H19F3N4O. The normalized spacial score (nSPS) is 11.4. The first kappa shape index (κ1) is 20.9. The van der Waals surface area contributed by atoms with Crippen molar-refractivity contribution in [3.63, 3.8) is 0 Å². The van der Waals surface area contributed by atoms with Gasteiger partial charge in [-0.25, -0.2) is 4.98 Å². The molecule has 1 amide bonds. The van der Waals surface area contributed by atoms with Crippen LogP contribution in [0.25, 0.3) is 6.08 Å². The number of pyridine rings is 1. The average molecular weight is 412 g/mol. The molecule has 8 heteroatoms. The Hall–Kier alpha value is -3.81.